The normalized spacial score (nSPS) is 17.4. The van der Waals surface area contributed by atoms with E-state index in [0.29, 0.717) is 0 Å². The maximum absolute atomic E-state index is 2.67. The van der Waals surface area contributed by atoms with E-state index in [0.717, 1.165) is 5.92 Å². The third-order valence-electron chi connectivity index (χ3n) is 3.96. The van der Waals surface area contributed by atoms with Crippen LogP contribution in [0.3, 0.4) is 0 Å². The lowest BCUT2D eigenvalue weighted by Gasteiger charge is -2.33. The molecule has 0 atom stereocenters. The molecule has 0 saturated carbocycles. The molecule has 1 heterocycles. The van der Waals surface area contributed by atoms with Gasteiger partial charge >= 0.3 is 0 Å². The van der Waals surface area contributed by atoms with Crippen LogP contribution < -0.4 is 0 Å². The minimum absolute atomic E-state index is 0.953. The standard InChI is InChI=1S/C15H32N2.C2H6/c1-4-6-7-11-17-12-8-15(9-13-17)14-16(3)10-5-2;1-2/h15H,4-14H2,1-3H3;1-2H3. The predicted octanol–water partition coefficient (Wildman–Crippen LogP) is 4.26. The van der Waals surface area contributed by atoms with Gasteiger partial charge in [-0.25, -0.2) is 0 Å². The Labute approximate surface area is 122 Å². The van der Waals surface area contributed by atoms with Crippen LogP contribution in [0.2, 0.25) is 0 Å². The molecule has 0 aliphatic carbocycles. The molecule has 0 spiro atoms. The summed E-state index contributed by atoms with van der Waals surface area (Å²) in [4.78, 5) is 5.18. The molecule has 0 unspecified atom stereocenters. The second kappa shape index (κ2) is 12.9. The molecule has 0 bridgehead atoms. The second-order valence-electron chi connectivity index (χ2n) is 5.75. The third-order valence-corrected chi connectivity index (χ3v) is 3.96. The van der Waals surface area contributed by atoms with Crippen LogP contribution >= 0.6 is 0 Å². The Morgan fingerprint density at radius 1 is 1.00 bits per heavy atom. The lowest BCUT2D eigenvalue weighted by Crippen LogP contribution is -2.38. The van der Waals surface area contributed by atoms with Crippen molar-refractivity contribution >= 4 is 0 Å². The molecular weight excluding hydrogens is 232 g/mol. The van der Waals surface area contributed by atoms with E-state index in [9.17, 15) is 0 Å². The Bertz CT molecular complexity index is 174. The van der Waals surface area contributed by atoms with Gasteiger partial charge in [0.1, 0.15) is 0 Å². The van der Waals surface area contributed by atoms with E-state index in [1.807, 2.05) is 13.8 Å². The molecule has 2 heteroatoms. The lowest BCUT2D eigenvalue weighted by atomic mass is 9.96. The summed E-state index contributed by atoms with van der Waals surface area (Å²) in [5.74, 6) is 0.953. The molecule has 0 radical (unpaired) electrons. The molecule has 1 aliphatic rings. The van der Waals surface area contributed by atoms with Crippen LogP contribution in [0.1, 0.15) is 66.2 Å². The monoisotopic (exact) mass is 270 g/mol. The Morgan fingerprint density at radius 2 is 1.63 bits per heavy atom. The first-order valence-electron chi connectivity index (χ1n) is 8.67. The molecule has 2 nitrogen and oxygen atoms in total. The molecule has 116 valence electrons. The van der Waals surface area contributed by atoms with Gasteiger partial charge in [0.05, 0.1) is 0 Å². The highest BCUT2D eigenvalue weighted by Crippen LogP contribution is 2.18. The fraction of sp³-hybridized carbons (Fsp3) is 1.00. The van der Waals surface area contributed by atoms with Gasteiger partial charge in [-0.15, -0.1) is 0 Å². The number of unbranched alkanes of at least 4 members (excludes halogenated alkanes) is 2. The molecule has 0 N–H and O–H groups in total. The molecule has 1 rings (SSSR count). The van der Waals surface area contributed by atoms with Gasteiger partial charge in [-0.1, -0.05) is 40.5 Å². The average Bonchev–Trinajstić information content (AvgIpc) is 2.43. The van der Waals surface area contributed by atoms with Gasteiger partial charge in [-0.3, -0.25) is 0 Å². The van der Waals surface area contributed by atoms with Gasteiger partial charge in [0.25, 0.3) is 0 Å². The topological polar surface area (TPSA) is 6.48 Å². The first-order valence-corrected chi connectivity index (χ1v) is 8.67. The zero-order valence-corrected chi connectivity index (χ0v) is 14.2. The lowest BCUT2D eigenvalue weighted by molar-refractivity contribution is 0.152. The van der Waals surface area contributed by atoms with Crippen molar-refractivity contribution in [3.05, 3.63) is 0 Å². The quantitative estimate of drug-likeness (QED) is 0.608. The number of likely N-dealkylation sites (tertiary alicyclic amines) is 1. The average molecular weight is 271 g/mol. The molecular formula is C17H38N2. The van der Waals surface area contributed by atoms with E-state index in [4.69, 9.17) is 0 Å². The zero-order valence-electron chi connectivity index (χ0n) is 14.2. The number of rotatable bonds is 8. The van der Waals surface area contributed by atoms with Crippen molar-refractivity contribution in [1.29, 1.82) is 0 Å². The Hall–Kier alpha value is -0.0800. The highest BCUT2D eigenvalue weighted by molar-refractivity contribution is 4.74. The summed E-state index contributed by atoms with van der Waals surface area (Å²) >= 11 is 0. The maximum atomic E-state index is 2.67. The van der Waals surface area contributed by atoms with E-state index in [-0.39, 0.29) is 0 Å². The number of hydrogen-bond acceptors (Lipinski definition) is 2. The summed E-state index contributed by atoms with van der Waals surface area (Å²) < 4.78 is 0. The zero-order chi connectivity index (χ0) is 14.5. The fourth-order valence-electron chi connectivity index (χ4n) is 2.89. The molecule has 0 aromatic heterocycles. The first-order chi connectivity index (χ1) is 9.26. The maximum Gasteiger partial charge on any atom is 0.000756 e. The SMILES string of the molecule is CC.CCCCCN1CCC(CN(C)CCC)CC1. The highest BCUT2D eigenvalue weighted by atomic mass is 15.1. The van der Waals surface area contributed by atoms with Gasteiger partial charge in [0.15, 0.2) is 0 Å². The van der Waals surface area contributed by atoms with Crippen LogP contribution in [0, 0.1) is 5.92 Å². The van der Waals surface area contributed by atoms with Crippen LogP contribution in [0.25, 0.3) is 0 Å². The molecule has 19 heavy (non-hydrogen) atoms. The summed E-state index contributed by atoms with van der Waals surface area (Å²) in [6.45, 7) is 15.2. The Morgan fingerprint density at radius 3 is 2.16 bits per heavy atom. The van der Waals surface area contributed by atoms with E-state index in [1.54, 1.807) is 0 Å². The van der Waals surface area contributed by atoms with E-state index < -0.39 is 0 Å². The molecule has 0 amide bonds. The fourth-order valence-corrected chi connectivity index (χ4v) is 2.89. The number of nitrogens with zero attached hydrogens (tertiary/aromatic N) is 2. The molecule has 1 fully saturated rings. The van der Waals surface area contributed by atoms with Crippen molar-refractivity contribution in [2.45, 2.75) is 66.2 Å². The first kappa shape index (κ1) is 18.9. The van der Waals surface area contributed by atoms with Gasteiger partial charge in [0, 0.05) is 6.54 Å². The van der Waals surface area contributed by atoms with Crippen LogP contribution in [0.5, 0.6) is 0 Å². The summed E-state index contributed by atoms with van der Waals surface area (Å²) in [6.07, 6.45) is 8.26. The van der Waals surface area contributed by atoms with Crippen LogP contribution in [-0.2, 0) is 0 Å². The third kappa shape index (κ3) is 9.45. The smallest absolute Gasteiger partial charge is 0.000756 e. The summed E-state index contributed by atoms with van der Waals surface area (Å²) in [6, 6.07) is 0. The van der Waals surface area contributed by atoms with Crippen molar-refractivity contribution < 1.29 is 0 Å². The number of hydrogen-bond donors (Lipinski definition) is 0. The van der Waals surface area contributed by atoms with Crippen LogP contribution in [0.4, 0.5) is 0 Å². The van der Waals surface area contributed by atoms with Crippen molar-refractivity contribution in [1.82, 2.24) is 9.80 Å². The van der Waals surface area contributed by atoms with Gasteiger partial charge in [-0.2, -0.15) is 0 Å². The van der Waals surface area contributed by atoms with Crippen LogP contribution in [0.15, 0.2) is 0 Å². The van der Waals surface area contributed by atoms with Crippen molar-refractivity contribution in [2.75, 3.05) is 39.8 Å². The molecule has 0 aromatic carbocycles. The van der Waals surface area contributed by atoms with Gasteiger partial charge in [-0.05, 0) is 64.8 Å². The molecule has 1 saturated heterocycles. The largest absolute Gasteiger partial charge is 0.306 e. The molecule has 1 aliphatic heterocycles. The summed E-state index contributed by atoms with van der Waals surface area (Å²) in [7, 11) is 2.27. The summed E-state index contributed by atoms with van der Waals surface area (Å²) in [5.41, 5.74) is 0. The van der Waals surface area contributed by atoms with Crippen molar-refractivity contribution in [3.8, 4) is 0 Å². The Balaban J connectivity index is 0.00000154. The highest BCUT2D eigenvalue weighted by Gasteiger charge is 2.19. The summed E-state index contributed by atoms with van der Waals surface area (Å²) in [5, 5.41) is 0. The van der Waals surface area contributed by atoms with Crippen molar-refractivity contribution in [3.63, 3.8) is 0 Å². The van der Waals surface area contributed by atoms with E-state index in [2.05, 4.69) is 30.7 Å². The van der Waals surface area contributed by atoms with E-state index in [1.165, 1.54) is 71.2 Å². The van der Waals surface area contributed by atoms with Gasteiger partial charge in [0.2, 0.25) is 0 Å². The minimum Gasteiger partial charge on any atom is -0.306 e. The van der Waals surface area contributed by atoms with Crippen molar-refractivity contribution in [2.24, 2.45) is 5.92 Å². The molecule has 0 aromatic rings. The second-order valence-corrected chi connectivity index (χ2v) is 5.75. The predicted molar refractivity (Wildman–Crippen MR) is 87.8 cm³/mol. The minimum atomic E-state index is 0.953. The van der Waals surface area contributed by atoms with E-state index >= 15 is 0 Å². The van der Waals surface area contributed by atoms with Gasteiger partial charge < -0.3 is 9.80 Å². The van der Waals surface area contributed by atoms with Crippen LogP contribution in [-0.4, -0.2) is 49.6 Å². The Kier molecular flexibility index (Phi) is 12.9. The number of piperidine rings is 1.